The highest BCUT2D eigenvalue weighted by Crippen LogP contribution is 2.30. The first-order chi connectivity index (χ1) is 9.23. The van der Waals surface area contributed by atoms with Crippen molar-refractivity contribution in [3.8, 4) is 5.75 Å². The third-order valence-electron chi connectivity index (χ3n) is 2.72. The molecule has 0 heterocycles. The molecule has 0 amide bonds. The summed E-state index contributed by atoms with van der Waals surface area (Å²) in [6.45, 7) is 8.46. The maximum absolute atomic E-state index is 9.91. The first-order valence-corrected chi connectivity index (χ1v) is 7.01. The van der Waals surface area contributed by atoms with Gasteiger partial charge in [0, 0.05) is 17.6 Å². The first-order valence-electron chi connectivity index (χ1n) is 6.63. The second-order valence-electron chi connectivity index (χ2n) is 5.76. The van der Waals surface area contributed by atoms with Crippen LogP contribution in [-0.4, -0.2) is 37.1 Å². The molecule has 1 rings (SSSR count). The number of hydrogen-bond acceptors (Lipinski definition) is 4. The van der Waals surface area contributed by atoms with Gasteiger partial charge >= 0.3 is 0 Å². The van der Waals surface area contributed by atoms with E-state index in [9.17, 15) is 5.11 Å². The van der Waals surface area contributed by atoms with Gasteiger partial charge in [-0.2, -0.15) is 0 Å². The Morgan fingerprint density at radius 1 is 1.35 bits per heavy atom. The molecule has 4 nitrogen and oxygen atoms in total. The zero-order valence-corrected chi connectivity index (χ0v) is 13.5. The minimum Gasteiger partial charge on any atom is -0.495 e. The number of benzene rings is 1. The predicted molar refractivity (Wildman–Crippen MR) is 82.9 cm³/mol. The third-order valence-corrected chi connectivity index (χ3v) is 3.12. The Bertz CT molecular complexity index is 443. The third kappa shape index (κ3) is 5.57. The van der Waals surface area contributed by atoms with Crippen molar-refractivity contribution in [2.75, 3.05) is 25.6 Å². The minimum absolute atomic E-state index is 0.254. The molecule has 1 aromatic carbocycles. The van der Waals surface area contributed by atoms with Crippen LogP contribution in [0.25, 0.3) is 0 Å². The van der Waals surface area contributed by atoms with Gasteiger partial charge in [-0.05, 0) is 39.3 Å². The number of aliphatic hydroxyl groups excluding tert-OH is 1. The van der Waals surface area contributed by atoms with Crippen LogP contribution in [-0.2, 0) is 4.74 Å². The zero-order chi connectivity index (χ0) is 15.3. The van der Waals surface area contributed by atoms with Crippen molar-refractivity contribution in [1.29, 1.82) is 0 Å². The summed E-state index contributed by atoms with van der Waals surface area (Å²) in [5.41, 5.74) is 1.51. The Morgan fingerprint density at radius 3 is 2.55 bits per heavy atom. The summed E-state index contributed by atoms with van der Waals surface area (Å²) >= 11 is 6.05. The van der Waals surface area contributed by atoms with Gasteiger partial charge in [0.05, 0.1) is 31.1 Å². The van der Waals surface area contributed by atoms with Gasteiger partial charge in [0.15, 0.2) is 0 Å². The van der Waals surface area contributed by atoms with Crippen molar-refractivity contribution < 1.29 is 14.6 Å². The molecule has 0 saturated carbocycles. The van der Waals surface area contributed by atoms with Gasteiger partial charge < -0.3 is 19.9 Å². The topological polar surface area (TPSA) is 50.7 Å². The average Bonchev–Trinajstić information content (AvgIpc) is 2.36. The molecule has 0 aromatic heterocycles. The van der Waals surface area contributed by atoms with Crippen molar-refractivity contribution in [3.05, 3.63) is 22.7 Å². The van der Waals surface area contributed by atoms with Gasteiger partial charge in [0.2, 0.25) is 0 Å². The number of nitrogens with one attached hydrogen (secondary N) is 1. The van der Waals surface area contributed by atoms with Crippen LogP contribution in [0.15, 0.2) is 12.1 Å². The number of rotatable bonds is 6. The van der Waals surface area contributed by atoms with Gasteiger partial charge in [-0.15, -0.1) is 0 Å². The Labute approximate surface area is 126 Å². The van der Waals surface area contributed by atoms with Crippen LogP contribution >= 0.6 is 11.6 Å². The number of hydrogen-bond donors (Lipinski definition) is 2. The van der Waals surface area contributed by atoms with E-state index in [0.717, 1.165) is 11.3 Å². The number of ether oxygens (including phenoxy) is 2. The smallest absolute Gasteiger partial charge is 0.143 e. The molecule has 1 unspecified atom stereocenters. The number of halogens is 1. The lowest BCUT2D eigenvalue weighted by Crippen LogP contribution is -2.30. The van der Waals surface area contributed by atoms with Crippen molar-refractivity contribution in [2.24, 2.45) is 0 Å². The molecule has 2 N–H and O–H groups in total. The quantitative estimate of drug-likeness (QED) is 0.847. The highest BCUT2D eigenvalue weighted by Gasteiger charge is 2.14. The number of aliphatic hydroxyl groups is 1. The molecule has 0 bridgehead atoms. The van der Waals surface area contributed by atoms with Gasteiger partial charge in [0.25, 0.3) is 0 Å². The van der Waals surface area contributed by atoms with Crippen LogP contribution < -0.4 is 10.1 Å². The number of methoxy groups -OCH3 is 1. The summed E-state index contributed by atoms with van der Waals surface area (Å²) in [6, 6.07) is 3.66. The molecule has 0 aliphatic rings. The van der Waals surface area contributed by atoms with E-state index in [2.05, 4.69) is 5.32 Å². The summed E-state index contributed by atoms with van der Waals surface area (Å²) < 4.78 is 10.8. The van der Waals surface area contributed by atoms with E-state index in [1.54, 1.807) is 13.2 Å². The second-order valence-corrected chi connectivity index (χ2v) is 6.17. The lowest BCUT2D eigenvalue weighted by Gasteiger charge is -2.22. The van der Waals surface area contributed by atoms with Crippen LogP contribution in [0.1, 0.15) is 26.3 Å². The summed E-state index contributed by atoms with van der Waals surface area (Å²) in [6.07, 6.45) is -0.588. The van der Waals surface area contributed by atoms with Crippen LogP contribution in [0, 0.1) is 6.92 Å². The monoisotopic (exact) mass is 301 g/mol. The highest BCUT2D eigenvalue weighted by molar-refractivity contribution is 6.31. The molecule has 20 heavy (non-hydrogen) atoms. The maximum Gasteiger partial charge on any atom is 0.143 e. The Balaban J connectivity index is 2.59. The standard InChI is InChI=1S/C15H24ClNO3/c1-10-6-13(14(19-5)7-12(10)16)17-8-11(18)9-20-15(2,3)4/h6-7,11,17-18H,8-9H2,1-5H3. The maximum atomic E-state index is 9.91. The van der Waals surface area contributed by atoms with E-state index in [1.807, 2.05) is 33.8 Å². The molecule has 0 saturated heterocycles. The fourth-order valence-electron chi connectivity index (χ4n) is 1.60. The lowest BCUT2D eigenvalue weighted by atomic mass is 10.2. The van der Waals surface area contributed by atoms with Crippen molar-refractivity contribution in [1.82, 2.24) is 0 Å². The Hall–Kier alpha value is -0.970. The van der Waals surface area contributed by atoms with Crippen molar-refractivity contribution in [2.45, 2.75) is 39.4 Å². The summed E-state index contributed by atoms with van der Waals surface area (Å²) in [5.74, 6) is 0.657. The highest BCUT2D eigenvalue weighted by atomic mass is 35.5. The number of anilines is 1. The molecule has 0 radical (unpaired) electrons. The molecular weight excluding hydrogens is 278 g/mol. The van der Waals surface area contributed by atoms with Crippen molar-refractivity contribution in [3.63, 3.8) is 0 Å². The predicted octanol–water partition coefficient (Wildman–Crippen LogP) is 3.24. The summed E-state index contributed by atoms with van der Waals surface area (Å²) in [5, 5.41) is 13.7. The van der Waals surface area contributed by atoms with Gasteiger partial charge in [-0.25, -0.2) is 0 Å². The average molecular weight is 302 g/mol. The fourth-order valence-corrected chi connectivity index (χ4v) is 1.76. The zero-order valence-electron chi connectivity index (χ0n) is 12.8. The molecule has 0 fully saturated rings. The SMILES string of the molecule is COc1cc(Cl)c(C)cc1NCC(O)COC(C)(C)C. The normalized spacial score (nSPS) is 13.2. The van der Waals surface area contributed by atoms with Crippen molar-refractivity contribution >= 4 is 17.3 Å². The fraction of sp³-hybridized carbons (Fsp3) is 0.600. The van der Waals surface area contributed by atoms with Crippen LogP contribution in [0.2, 0.25) is 5.02 Å². The molecule has 1 atom stereocenters. The molecule has 0 spiro atoms. The molecular formula is C15H24ClNO3. The molecule has 0 aliphatic heterocycles. The largest absolute Gasteiger partial charge is 0.495 e. The van der Waals surface area contributed by atoms with E-state index in [-0.39, 0.29) is 12.2 Å². The first kappa shape index (κ1) is 17.1. The lowest BCUT2D eigenvalue weighted by molar-refractivity contribution is -0.0449. The molecule has 0 aliphatic carbocycles. The van der Waals surface area contributed by atoms with Crippen LogP contribution in [0.5, 0.6) is 5.75 Å². The summed E-state index contributed by atoms with van der Waals surface area (Å²) in [7, 11) is 1.59. The minimum atomic E-state index is -0.588. The van der Waals surface area contributed by atoms with Gasteiger partial charge in [0.1, 0.15) is 5.75 Å². The van der Waals surface area contributed by atoms with E-state index in [0.29, 0.717) is 17.3 Å². The van der Waals surface area contributed by atoms with E-state index >= 15 is 0 Å². The van der Waals surface area contributed by atoms with E-state index < -0.39 is 6.10 Å². The van der Waals surface area contributed by atoms with E-state index in [1.165, 1.54) is 0 Å². The van der Waals surface area contributed by atoms with Gasteiger partial charge in [-0.3, -0.25) is 0 Å². The Morgan fingerprint density at radius 2 is 2.00 bits per heavy atom. The van der Waals surface area contributed by atoms with E-state index in [4.69, 9.17) is 21.1 Å². The molecule has 114 valence electrons. The number of aryl methyl sites for hydroxylation is 1. The second kappa shape index (κ2) is 7.16. The molecule has 5 heteroatoms. The molecule has 1 aromatic rings. The van der Waals surface area contributed by atoms with Gasteiger partial charge in [-0.1, -0.05) is 11.6 Å². The van der Waals surface area contributed by atoms with Crippen LogP contribution in [0.3, 0.4) is 0 Å². The van der Waals surface area contributed by atoms with Crippen LogP contribution in [0.4, 0.5) is 5.69 Å². The Kier molecular flexibility index (Phi) is 6.11. The summed E-state index contributed by atoms with van der Waals surface area (Å²) in [4.78, 5) is 0.